The molecule has 170 valence electrons. The van der Waals surface area contributed by atoms with Crippen LogP contribution < -0.4 is 10.5 Å². The van der Waals surface area contributed by atoms with Crippen LogP contribution in [-0.4, -0.2) is 58.5 Å². The van der Waals surface area contributed by atoms with Gasteiger partial charge in [0, 0.05) is 11.8 Å². The summed E-state index contributed by atoms with van der Waals surface area (Å²) in [6, 6.07) is 8.39. The number of fused-ring (bicyclic) bond motifs is 2. The van der Waals surface area contributed by atoms with E-state index in [1.165, 1.54) is 17.5 Å². The van der Waals surface area contributed by atoms with Crippen molar-refractivity contribution in [3.8, 4) is 0 Å². The zero-order valence-corrected chi connectivity index (χ0v) is 17.7. The van der Waals surface area contributed by atoms with Crippen LogP contribution in [0.3, 0.4) is 0 Å². The van der Waals surface area contributed by atoms with Crippen molar-refractivity contribution in [2.45, 2.75) is 43.3 Å². The summed E-state index contributed by atoms with van der Waals surface area (Å²) in [5, 5.41) is 29.1. The summed E-state index contributed by atoms with van der Waals surface area (Å²) in [6.45, 7) is -0.515. The minimum Gasteiger partial charge on any atom is -0.387 e. The van der Waals surface area contributed by atoms with Gasteiger partial charge in [-0.1, -0.05) is 24.3 Å². The second-order valence-electron chi connectivity index (χ2n) is 7.98. The van der Waals surface area contributed by atoms with Gasteiger partial charge in [0.15, 0.2) is 5.82 Å². The predicted molar refractivity (Wildman–Crippen MR) is 114 cm³/mol. The third-order valence-corrected chi connectivity index (χ3v) is 6.47. The summed E-state index contributed by atoms with van der Waals surface area (Å²) in [5.41, 5.74) is 4.23. The second-order valence-corrected chi connectivity index (χ2v) is 9.20. The maximum atomic E-state index is 11.0. The maximum Gasteiger partial charge on any atom is 0.333 e. The first kappa shape index (κ1) is 21.2. The fourth-order valence-corrected chi connectivity index (χ4v) is 4.79. The molecule has 3 heterocycles. The molecule has 1 fully saturated rings. The number of aromatic nitrogens is 3. The molecule has 1 aliphatic heterocycles. The van der Waals surface area contributed by atoms with E-state index in [1.807, 2.05) is 12.1 Å². The van der Waals surface area contributed by atoms with Crippen LogP contribution in [0.1, 0.15) is 35.3 Å². The molecule has 12 heteroatoms. The molecule has 3 aromatic rings. The van der Waals surface area contributed by atoms with Crippen molar-refractivity contribution in [2.24, 2.45) is 5.14 Å². The standard InChI is InChI=1S/C20H23N5O6S/c21-32(28,29)30-8-14-17(26)18(27)19(31-14)12-7-22-16-15(12)23-9-24-20(16)25-13-6-5-10-3-1-2-4-11(10)13/h1-4,7,9,13-14,17-19,22,26-27H,5-6,8H2,(H2,21,28,29)(H,23,24,25). The van der Waals surface area contributed by atoms with E-state index in [0.717, 1.165) is 12.8 Å². The highest BCUT2D eigenvalue weighted by molar-refractivity contribution is 7.84. The number of anilines is 1. The molecule has 0 amide bonds. The average molecular weight is 462 g/mol. The van der Waals surface area contributed by atoms with E-state index in [9.17, 15) is 18.6 Å². The number of aryl methyl sites for hydroxylation is 1. The zero-order chi connectivity index (χ0) is 22.5. The molecule has 5 atom stereocenters. The van der Waals surface area contributed by atoms with E-state index in [1.54, 1.807) is 6.20 Å². The lowest BCUT2D eigenvalue weighted by Crippen LogP contribution is -2.34. The molecule has 5 rings (SSSR count). The highest BCUT2D eigenvalue weighted by Gasteiger charge is 2.45. The summed E-state index contributed by atoms with van der Waals surface area (Å²) in [6.07, 6.45) is 0.299. The van der Waals surface area contributed by atoms with Crippen molar-refractivity contribution < 1.29 is 27.6 Å². The molecule has 1 saturated heterocycles. The van der Waals surface area contributed by atoms with Crippen LogP contribution >= 0.6 is 0 Å². The number of ether oxygens (including phenoxy) is 1. The number of hydrogen-bond acceptors (Lipinski definition) is 9. The number of aliphatic hydroxyl groups is 2. The summed E-state index contributed by atoms with van der Waals surface area (Å²) in [7, 11) is -4.20. The minimum atomic E-state index is -4.20. The van der Waals surface area contributed by atoms with E-state index in [2.05, 4.69) is 36.6 Å². The molecular formula is C20H23N5O6S. The number of rotatable bonds is 6. The minimum absolute atomic E-state index is 0.117. The van der Waals surface area contributed by atoms with Gasteiger partial charge in [0.25, 0.3) is 0 Å². The van der Waals surface area contributed by atoms with Gasteiger partial charge in [-0.25, -0.2) is 15.1 Å². The Morgan fingerprint density at radius 2 is 2.03 bits per heavy atom. The highest BCUT2D eigenvalue weighted by Crippen LogP contribution is 2.39. The van der Waals surface area contributed by atoms with Crippen molar-refractivity contribution >= 4 is 27.2 Å². The lowest BCUT2D eigenvalue weighted by Gasteiger charge is -2.16. The number of benzene rings is 1. The van der Waals surface area contributed by atoms with Gasteiger partial charge < -0.3 is 25.3 Å². The van der Waals surface area contributed by atoms with Crippen LogP contribution in [0.2, 0.25) is 0 Å². The molecule has 6 N–H and O–H groups in total. The molecule has 5 unspecified atom stereocenters. The Balaban J connectivity index is 1.40. The molecular weight excluding hydrogens is 438 g/mol. The maximum absolute atomic E-state index is 11.0. The molecule has 2 aromatic heterocycles. The lowest BCUT2D eigenvalue weighted by molar-refractivity contribution is -0.0152. The van der Waals surface area contributed by atoms with E-state index >= 15 is 0 Å². The molecule has 32 heavy (non-hydrogen) atoms. The van der Waals surface area contributed by atoms with Crippen molar-refractivity contribution in [1.82, 2.24) is 15.0 Å². The Kier molecular flexibility index (Phi) is 5.35. The van der Waals surface area contributed by atoms with Gasteiger partial charge in [0.2, 0.25) is 0 Å². The predicted octanol–water partition coefficient (Wildman–Crippen LogP) is 0.439. The fraction of sp³-hybridized carbons (Fsp3) is 0.400. The Morgan fingerprint density at radius 1 is 1.22 bits per heavy atom. The molecule has 0 saturated carbocycles. The number of H-pyrrole nitrogens is 1. The van der Waals surface area contributed by atoms with Crippen LogP contribution in [0.15, 0.2) is 36.8 Å². The molecule has 1 aliphatic carbocycles. The van der Waals surface area contributed by atoms with Crippen LogP contribution in [0.5, 0.6) is 0 Å². The van der Waals surface area contributed by atoms with Gasteiger partial charge in [-0.2, -0.15) is 8.42 Å². The van der Waals surface area contributed by atoms with Gasteiger partial charge in [-0.15, -0.1) is 0 Å². The van der Waals surface area contributed by atoms with Gasteiger partial charge in [-0.05, 0) is 24.0 Å². The normalized spacial score (nSPS) is 27.7. The third-order valence-electron chi connectivity index (χ3n) is 6.00. The third kappa shape index (κ3) is 3.85. The number of aromatic amines is 1. The average Bonchev–Trinajstić information content (AvgIpc) is 3.44. The van der Waals surface area contributed by atoms with Crippen molar-refractivity contribution in [1.29, 1.82) is 0 Å². The Labute approximate surface area is 183 Å². The zero-order valence-electron chi connectivity index (χ0n) is 16.9. The van der Waals surface area contributed by atoms with Crippen molar-refractivity contribution in [3.05, 3.63) is 53.5 Å². The van der Waals surface area contributed by atoms with Crippen LogP contribution in [0.25, 0.3) is 11.0 Å². The number of aliphatic hydroxyl groups excluding tert-OH is 2. The van der Waals surface area contributed by atoms with Crippen molar-refractivity contribution in [3.63, 3.8) is 0 Å². The smallest absolute Gasteiger partial charge is 0.333 e. The quantitative estimate of drug-likeness (QED) is 0.349. The number of nitrogens with one attached hydrogen (secondary N) is 2. The molecule has 1 aromatic carbocycles. The highest BCUT2D eigenvalue weighted by atomic mass is 32.2. The SMILES string of the molecule is NS(=O)(=O)OCC1OC(c2c[nH]c3c(NC4CCc5ccccc54)ncnc23)C(O)C1O. The van der Waals surface area contributed by atoms with Crippen molar-refractivity contribution in [2.75, 3.05) is 11.9 Å². The summed E-state index contributed by atoms with van der Waals surface area (Å²) in [5.74, 6) is 0.616. The molecule has 0 radical (unpaired) electrons. The first-order valence-electron chi connectivity index (χ1n) is 10.2. The first-order valence-corrected chi connectivity index (χ1v) is 11.6. The van der Waals surface area contributed by atoms with Gasteiger partial charge >= 0.3 is 10.3 Å². The molecule has 11 nitrogen and oxygen atoms in total. The summed E-state index contributed by atoms with van der Waals surface area (Å²) < 4.78 is 32.3. The topological polar surface area (TPSA) is 173 Å². The van der Waals surface area contributed by atoms with Gasteiger partial charge in [0.1, 0.15) is 36.3 Å². The van der Waals surface area contributed by atoms with Gasteiger partial charge in [-0.3, -0.25) is 4.18 Å². The summed E-state index contributed by atoms with van der Waals surface area (Å²) >= 11 is 0. The number of hydrogen-bond donors (Lipinski definition) is 5. The van der Waals surface area contributed by atoms with E-state index in [0.29, 0.717) is 22.4 Å². The van der Waals surface area contributed by atoms with E-state index in [4.69, 9.17) is 9.88 Å². The monoisotopic (exact) mass is 461 g/mol. The Morgan fingerprint density at radius 3 is 2.84 bits per heavy atom. The largest absolute Gasteiger partial charge is 0.387 e. The molecule has 2 aliphatic rings. The van der Waals surface area contributed by atoms with E-state index in [-0.39, 0.29) is 6.04 Å². The van der Waals surface area contributed by atoms with Crippen LogP contribution in [0.4, 0.5) is 5.82 Å². The molecule has 0 spiro atoms. The van der Waals surface area contributed by atoms with Crippen LogP contribution in [-0.2, 0) is 25.6 Å². The van der Waals surface area contributed by atoms with E-state index < -0.39 is 41.3 Å². The Bertz CT molecular complexity index is 1250. The Hall–Kier alpha value is -2.61. The number of nitrogens with zero attached hydrogens (tertiary/aromatic N) is 2. The lowest BCUT2D eigenvalue weighted by atomic mass is 10.0. The van der Waals surface area contributed by atoms with Crippen LogP contribution in [0, 0.1) is 0 Å². The molecule has 0 bridgehead atoms. The summed E-state index contributed by atoms with van der Waals surface area (Å²) in [4.78, 5) is 11.8. The number of nitrogens with two attached hydrogens (primary N) is 1. The second kappa shape index (κ2) is 8.06. The van der Waals surface area contributed by atoms with Gasteiger partial charge in [0.05, 0.1) is 18.2 Å². The fourth-order valence-electron chi connectivity index (χ4n) is 4.46. The first-order chi connectivity index (χ1) is 15.3.